The first-order chi connectivity index (χ1) is 13.7. The predicted octanol–water partition coefficient (Wildman–Crippen LogP) is 3.14. The highest BCUT2D eigenvalue weighted by atomic mass is 32.1. The molecule has 2 aliphatic rings. The molecule has 0 bridgehead atoms. The quantitative estimate of drug-likeness (QED) is 0.540. The van der Waals surface area contributed by atoms with Gasteiger partial charge in [0.15, 0.2) is 5.96 Å². The topological polar surface area (TPSA) is 42.9 Å². The summed E-state index contributed by atoms with van der Waals surface area (Å²) >= 11 is 1.91. The lowest BCUT2D eigenvalue weighted by Crippen LogP contribution is -2.43. The molecule has 0 radical (unpaired) electrons. The summed E-state index contributed by atoms with van der Waals surface area (Å²) in [6.45, 7) is 10.8. The van der Waals surface area contributed by atoms with Gasteiger partial charge in [0.1, 0.15) is 0 Å². The van der Waals surface area contributed by atoms with E-state index in [9.17, 15) is 0 Å². The summed E-state index contributed by atoms with van der Waals surface area (Å²) in [6.07, 6.45) is 7.87. The highest BCUT2D eigenvalue weighted by Gasteiger charge is 2.34. The Morgan fingerprint density at radius 2 is 1.96 bits per heavy atom. The van der Waals surface area contributed by atoms with Gasteiger partial charge < -0.3 is 20.4 Å². The van der Waals surface area contributed by atoms with Crippen LogP contribution in [0.5, 0.6) is 0 Å². The van der Waals surface area contributed by atoms with Crippen LogP contribution in [0.2, 0.25) is 0 Å². The number of likely N-dealkylation sites (N-methyl/N-ethyl adjacent to an activating group) is 1. The average molecular weight is 406 g/mol. The smallest absolute Gasteiger partial charge is 0.191 e. The molecule has 2 heterocycles. The zero-order valence-electron chi connectivity index (χ0n) is 17.9. The molecule has 158 valence electrons. The van der Waals surface area contributed by atoms with Crippen LogP contribution in [0.25, 0.3) is 0 Å². The van der Waals surface area contributed by atoms with Crippen LogP contribution in [0, 0.1) is 0 Å². The minimum Gasteiger partial charge on any atom is -0.357 e. The van der Waals surface area contributed by atoms with E-state index in [1.165, 1.54) is 69.6 Å². The molecule has 1 saturated heterocycles. The van der Waals surface area contributed by atoms with Gasteiger partial charge in [0.2, 0.25) is 0 Å². The monoisotopic (exact) mass is 405 g/mol. The summed E-state index contributed by atoms with van der Waals surface area (Å²) in [7, 11) is 2.23. The van der Waals surface area contributed by atoms with Crippen molar-refractivity contribution in [1.29, 1.82) is 0 Å². The lowest BCUT2D eigenvalue weighted by atomic mass is 9.73. The molecule has 28 heavy (non-hydrogen) atoms. The molecule has 5 nitrogen and oxygen atoms in total. The van der Waals surface area contributed by atoms with Gasteiger partial charge in [0.05, 0.1) is 6.54 Å². The molecule has 1 aromatic rings. The van der Waals surface area contributed by atoms with Gasteiger partial charge >= 0.3 is 0 Å². The number of aliphatic imine (C=N–C) groups is 1. The molecule has 1 saturated carbocycles. The Balaban J connectivity index is 1.55. The molecule has 1 aromatic heterocycles. The largest absolute Gasteiger partial charge is 0.357 e. The molecular formula is C22H39N5S. The van der Waals surface area contributed by atoms with E-state index in [2.05, 4.69) is 51.9 Å². The van der Waals surface area contributed by atoms with Crippen LogP contribution in [0.3, 0.4) is 0 Å². The normalized spacial score (nSPS) is 22.0. The number of nitrogens with one attached hydrogen (secondary N) is 2. The van der Waals surface area contributed by atoms with Crippen molar-refractivity contribution in [3.63, 3.8) is 0 Å². The van der Waals surface area contributed by atoms with Crippen molar-refractivity contribution in [2.45, 2.75) is 50.9 Å². The fourth-order valence-corrected chi connectivity index (χ4v) is 5.50. The van der Waals surface area contributed by atoms with Gasteiger partial charge in [-0.05, 0) is 57.8 Å². The van der Waals surface area contributed by atoms with Crippen LogP contribution in [0.1, 0.15) is 50.3 Å². The van der Waals surface area contributed by atoms with E-state index in [0.29, 0.717) is 0 Å². The van der Waals surface area contributed by atoms with Crippen LogP contribution >= 0.6 is 11.3 Å². The Morgan fingerprint density at radius 3 is 2.71 bits per heavy atom. The predicted molar refractivity (Wildman–Crippen MR) is 122 cm³/mol. The summed E-state index contributed by atoms with van der Waals surface area (Å²) < 4.78 is 0. The standard InChI is InChI=1S/C22H39N5S/c1-3-23-21(24-12-15-27-14-8-13-26(2)16-17-27)25-19-22(10-5-4-6-11-22)20-9-7-18-28-20/h7,9,18H,3-6,8,10-17,19H2,1-2H3,(H2,23,24,25). The lowest BCUT2D eigenvalue weighted by molar-refractivity contribution is 0.279. The fourth-order valence-electron chi connectivity index (χ4n) is 4.52. The van der Waals surface area contributed by atoms with Crippen molar-refractivity contribution >= 4 is 17.3 Å². The molecule has 0 amide bonds. The van der Waals surface area contributed by atoms with E-state index in [-0.39, 0.29) is 5.41 Å². The maximum absolute atomic E-state index is 5.05. The molecule has 0 spiro atoms. The Kier molecular flexibility index (Phi) is 8.62. The van der Waals surface area contributed by atoms with Gasteiger partial charge in [0, 0.05) is 43.0 Å². The molecule has 1 aliphatic heterocycles. The van der Waals surface area contributed by atoms with E-state index in [4.69, 9.17) is 4.99 Å². The average Bonchev–Trinajstić information content (AvgIpc) is 3.18. The lowest BCUT2D eigenvalue weighted by Gasteiger charge is -2.35. The second kappa shape index (κ2) is 11.2. The van der Waals surface area contributed by atoms with Crippen molar-refractivity contribution in [3.8, 4) is 0 Å². The minimum absolute atomic E-state index is 0.254. The Labute approximate surface area is 175 Å². The SMILES string of the molecule is CCNC(=NCC1(c2cccs2)CCCCC1)NCCN1CCCN(C)CC1. The number of hydrogen-bond donors (Lipinski definition) is 2. The first kappa shape index (κ1) is 21.6. The molecular weight excluding hydrogens is 366 g/mol. The molecule has 0 unspecified atom stereocenters. The first-order valence-corrected chi connectivity index (χ1v) is 12.1. The zero-order chi connectivity index (χ0) is 19.7. The van der Waals surface area contributed by atoms with E-state index >= 15 is 0 Å². The number of nitrogens with zero attached hydrogens (tertiary/aromatic N) is 3. The molecule has 0 atom stereocenters. The van der Waals surface area contributed by atoms with Crippen molar-refractivity contribution in [2.24, 2.45) is 4.99 Å². The van der Waals surface area contributed by atoms with Crippen molar-refractivity contribution in [3.05, 3.63) is 22.4 Å². The maximum atomic E-state index is 5.05. The molecule has 6 heteroatoms. The van der Waals surface area contributed by atoms with E-state index in [1.807, 2.05) is 11.3 Å². The van der Waals surface area contributed by atoms with Gasteiger partial charge in [0.25, 0.3) is 0 Å². The van der Waals surface area contributed by atoms with Crippen LogP contribution in [0.4, 0.5) is 0 Å². The van der Waals surface area contributed by atoms with E-state index in [0.717, 1.165) is 32.1 Å². The number of rotatable bonds is 7. The highest BCUT2D eigenvalue weighted by Crippen LogP contribution is 2.41. The van der Waals surface area contributed by atoms with Gasteiger partial charge in [-0.3, -0.25) is 4.99 Å². The number of thiophene rings is 1. The highest BCUT2D eigenvalue weighted by molar-refractivity contribution is 7.10. The van der Waals surface area contributed by atoms with Gasteiger partial charge in [-0.1, -0.05) is 25.3 Å². The number of guanidine groups is 1. The van der Waals surface area contributed by atoms with Crippen LogP contribution in [0.15, 0.2) is 22.5 Å². The summed E-state index contributed by atoms with van der Waals surface area (Å²) in [4.78, 5) is 11.6. The van der Waals surface area contributed by atoms with Gasteiger partial charge in [-0.2, -0.15) is 0 Å². The van der Waals surface area contributed by atoms with Gasteiger partial charge in [-0.25, -0.2) is 0 Å². The molecule has 3 rings (SSSR count). The Bertz CT molecular complexity index is 580. The third kappa shape index (κ3) is 6.19. The van der Waals surface area contributed by atoms with E-state index in [1.54, 1.807) is 0 Å². The van der Waals surface area contributed by atoms with E-state index < -0.39 is 0 Å². The maximum Gasteiger partial charge on any atom is 0.191 e. The van der Waals surface area contributed by atoms with Crippen molar-refractivity contribution in [2.75, 3.05) is 59.4 Å². The van der Waals surface area contributed by atoms with Crippen LogP contribution < -0.4 is 10.6 Å². The molecule has 2 fully saturated rings. The van der Waals surface area contributed by atoms with Crippen molar-refractivity contribution in [1.82, 2.24) is 20.4 Å². The summed E-state index contributed by atoms with van der Waals surface area (Å²) in [6, 6.07) is 4.52. The second-order valence-corrected chi connectivity index (χ2v) is 9.39. The molecule has 1 aliphatic carbocycles. The summed E-state index contributed by atoms with van der Waals surface area (Å²) in [5, 5.41) is 9.27. The zero-order valence-corrected chi connectivity index (χ0v) is 18.7. The third-order valence-electron chi connectivity index (χ3n) is 6.27. The van der Waals surface area contributed by atoms with Gasteiger partial charge in [-0.15, -0.1) is 11.3 Å². The molecule has 2 N–H and O–H groups in total. The second-order valence-electron chi connectivity index (χ2n) is 8.44. The van der Waals surface area contributed by atoms with Crippen LogP contribution in [-0.2, 0) is 5.41 Å². The Morgan fingerprint density at radius 1 is 1.11 bits per heavy atom. The third-order valence-corrected chi connectivity index (χ3v) is 7.39. The Hall–Kier alpha value is -1.11. The first-order valence-electron chi connectivity index (χ1n) is 11.2. The fraction of sp³-hybridized carbons (Fsp3) is 0.773. The molecule has 0 aromatic carbocycles. The summed E-state index contributed by atoms with van der Waals surface area (Å²) in [5.41, 5.74) is 0.254. The van der Waals surface area contributed by atoms with Crippen molar-refractivity contribution < 1.29 is 0 Å². The number of hydrogen-bond acceptors (Lipinski definition) is 4. The minimum atomic E-state index is 0.254. The summed E-state index contributed by atoms with van der Waals surface area (Å²) in [5.74, 6) is 0.982. The van der Waals surface area contributed by atoms with Crippen LogP contribution in [-0.4, -0.2) is 75.2 Å².